The molecule has 130 valence electrons. The summed E-state index contributed by atoms with van der Waals surface area (Å²) in [4.78, 5) is 2.34. The van der Waals surface area contributed by atoms with Crippen LogP contribution < -0.4 is 4.74 Å². The predicted molar refractivity (Wildman–Crippen MR) is 94.1 cm³/mol. The van der Waals surface area contributed by atoms with E-state index in [2.05, 4.69) is 10.00 Å². The molecule has 0 amide bonds. The minimum absolute atomic E-state index is 0.345. The second-order valence-electron chi connectivity index (χ2n) is 6.70. The first kappa shape index (κ1) is 17.0. The molecule has 1 saturated heterocycles. The molecule has 3 rings (SSSR count). The van der Waals surface area contributed by atoms with Crippen molar-refractivity contribution in [1.82, 2.24) is 14.7 Å². The van der Waals surface area contributed by atoms with E-state index >= 15 is 0 Å². The topological polar surface area (TPSA) is 50.5 Å². The predicted octanol–water partition coefficient (Wildman–Crippen LogP) is 2.34. The number of ether oxygens (including phenoxy) is 1. The molecule has 1 atom stereocenters. The Kier molecular flexibility index (Phi) is 5.88. The van der Waals surface area contributed by atoms with Gasteiger partial charge in [0.25, 0.3) is 0 Å². The Labute approximate surface area is 143 Å². The number of hydrogen-bond donors (Lipinski definition) is 1. The first-order chi connectivity index (χ1) is 11.7. The van der Waals surface area contributed by atoms with Crippen LogP contribution in [0.1, 0.15) is 18.4 Å². The number of aliphatic hydroxyl groups is 1. The van der Waals surface area contributed by atoms with Gasteiger partial charge in [-0.15, -0.1) is 0 Å². The molecule has 0 unspecified atom stereocenters. The smallest absolute Gasteiger partial charge is 0.122 e. The molecule has 0 aliphatic carbocycles. The SMILES string of the molecule is Cc1ccccc1OC[C@H](O)CN1CCC(Cn2cccn2)CC1. The molecule has 2 aromatic rings. The number of aliphatic hydroxyl groups excluding tert-OH is 1. The maximum Gasteiger partial charge on any atom is 0.122 e. The van der Waals surface area contributed by atoms with Crippen molar-refractivity contribution in [2.24, 2.45) is 5.92 Å². The normalized spacial score (nSPS) is 17.8. The zero-order valence-electron chi connectivity index (χ0n) is 14.3. The highest BCUT2D eigenvalue weighted by molar-refractivity contribution is 5.31. The number of benzene rings is 1. The van der Waals surface area contributed by atoms with Crippen molar-refractivity contribution >= 4 is 0 Å². The van der Waals surface area contributed by atoms with Gasteiger partial charge in [0.15, 0.2) is 0 Å². The van der Waals surface area contributed by atoms with E-state index in [1.54, 1.807) is 0 Å². The van der Waals surface area contributed by atoms with Gasteiger partial charge in [-0.2, -0.15) is 5.10 Å². The molecular weight excluding hydrogens is 302 g/mol. The van der Waals surface area contributed by atoms with Gasteiger partial charge in [0, 0.05) is 25.5 Å². The van der Waals surface area contributed by atoms with Crippen molar-refractivity contribution in [3.63, 3.8) is 0 Å². The summed E-state index contributed by atoms with van der Waals surface area (Å²) in [5.41, 5.74) is 1.10. The number of likely N-dealkylation sites (tertiary alicyclic amines) is 1. The average Bonchev–Trinajstić information content (AvgIpc) is 3.09. The molecule has 1 aromatic heterocycles. The monoisotopic (exact) mass is 329 g/mol. The highest BCUT2D eigenvalue weighted by Crippen LogP contribution is 2.20. The molecule has 1 fully saturated rings. The largest absolute Gasteiger partial charge is 0.491 e. The lowest BCUT2D eigenvalue weighted by molar-refractivity contribution is 0.0532. The van der Waals surface area contributed by atoms with Crippen molar-refractivity contribution in [2.75, 3.05) is 26.2 Å². The van der Waals surface area contributed by atoms with Crippen molar-refractivity contribution < 1.29 is 9.84 Å². The van der Waals surface area contributed by atoms with E-state index in [0.717, 1.165) is 43.8 Å². The Morgan fingerprint density at radius 1 is 1.25 bits per heavy atom. The van der Waals surface area contributed by atoms with E-state index in [-0.39, 0.29) is 0 Å². The van der Waals surface area contributed by atoms with Crippen LogP contribution in [0, 0.1) is 12.8 Å². The number of β-amino-alcohol motifs (C(OH)–C–C–N with tert-alkyl or cyclic N) is 1. The molecule has 0 saturated carbocycles. The maximum absolute atomic E-state index is 10.2. The van der Waals surface area contributed by atoms with Gasteiger partial charge >= 0.3 is 0 Å². The third kappa shape index (κ3) is 4.82. The second-order valence-corrected chi connectivity index (χ2v) is 6.70. The minimum atomic E-state index is -0.452. The summed E-state index contributed by atoms with van der Waals surface area (Å²) in [7, 11) is 0. The van der Waals surface area contributed by atoms with Crippen molar-refractivity contribution in [3.05, 3.63) is 48.3 Å². The fourth-order valence-electron chi connectivity index (χ4n) is 3.28. The van der Waals surface area contributed by atoms with Crippen LogP contribution in [0.4, 0.5) is 0 Å². The molecule has 5 heteroatoms. The van der Waals surface area contributed by atoms with Crippen molar-refractivity contribution in [2.45, 2.75) is 32.4 Å². The van der Waals surface area contributed by atoms with Gasteiger partial charge in [-0.1, -0.05) is 18.2 Å². The van der Waals surface area contributed by atoms with Gasteiger partial charge in [0.1, 0.15) is 18.5 Å². The first-order valence-corrected chi connectivity index (χ1v) is 8.77. The van der Waals surface area contributed by atoms with Gasteiger partial charge in [-0.05, 0) is 56.5 Å². The zero-order valence-corrected chi connectivity index (χ0v) is 14.3. The first-order valence-electron chi connectivity index (χ1n) is 8.77. The Bertz CT molecular complexity index is 607. The lowest BCUT2D eigenvalue weighted by Crippen LogP contribution is -2.41. The van der Waals surface area contributed by atoms with Gasteiger partial charge < -0.3 is 14.7 Å². The van der Waals surface area contributed by atoms with Crippen molar-refractivity contribution in [1.29, 1.82) is 0 Å². The van der Waals surface area contributed by atoms with Gasteiger partial charge in [-0.3, -0.25) is 4.68 Å². The Morgan fingerprint density at radius 3 is 2.75 bits per heavy atom. The fourth-order valence-corrected chi connectivity index (χ4v) is 3.28. The summed E-state index contributed by atoms with van der Waals surface area (Å²) < 4.78 is 7.76. The van der Waals surface area contributed by atoms with Gasteiger partial charge in [0.2, 0.25) is 0 Å². The molecular formula is C19H27N3O2. The summed E-state index contributed by atoms with van der Waals surface area (Å²) in [6.45, 7) is 6.12. The average molecular weight is 329 g/mol. The molecule has 1 aromatic carbocycles. The van der Waals surface area contributed by atoms with E-state index in [4.69, 9.17) is 4.74 Å². The lowest BCUT2D eigenvalue weighted by Gasteiger charge is -2.33. The third-order valence-corrected chi connectivity index (χ3v) is 4.71. The molecule has 1 N–H and O–H groups in total. The van der Waals surface area contributed by atoms with E-state index in [0.29, 0.717) is 19.1 Å². The third-order valence-electron chi connectivity index (χ3n) is 4.71. The Hall–Kier alpha value is -1.85. The molecule has 24 heavy (non-hydrogen) atoms. The van der Waals surface area contributed by atoms with Crippen LogP contribution in [0.25, 0.3) is 0 Å². The van der Waals surface area contributed by atoms with Crippen LogP contribution in [-0.4, -0.2) is 52.1 Å². The number of rotatable bonds is 7. The van der Waals surface area contributed by atoms with E-state index in [1.165, 1.54) is 0 Å². The van der Waals surface area contributed by atoms with E-state index in [9.17, 15) is 5.11 Å². The van der Waals surface area contributed by atoms with Crippen LogP contribution in [0.5, 0.6) is 5.75 Å². The zero-order chi connectivity index (χ0) is 16.8. The number of para-hydroxylation sites is 1. The summed E-state index contributed by atoms with van der Waals surface area (Å²) in [5.74, 6) is 1.54. The minimum Gasteiger partial charge on any atom is -0.491 e. The second kappa shape index (κ2) is 8.31. The summed E-state index contributed by atoms with van der Waals surface area (Å²) in [6, 6.07) is 9.89. The van der Waals surface area contributed by atoms with Crippen LogP contribution in [0.3, 0.4) is 0 Å². The number of aromatic nitrogens is 2. The van der Waals surface area contributed by atoms with E-state index < -0.39 is 6.10 Å². The number of aryl methyl sites for hydroxylation is 1. The summed E-state index contributed by atoms with van der Waals surface area (Å²) in [5, 5.41) is 14.5. The van der Waals surface area contributed by atoms with Gasteiger partial charge in [-0.25, -0.2) is 0 Å². The quantitative estimate of drug-likeness (QED) is 0.847. The van der Waals surface area contributed by atoms with Crippen LogP contribution >= 0.6 is 0 Å². The Morgan fingerprint density at radius 2 is 2.04 bits per heavy atom. The summed E-state index contributed by atoms with van der Waals surface area (Å²) >= 11 is 0. The fraction of sp³-hybridized carbons (Fsp3) is 0.526. The molecule has 0 spiro atoms. The molecule has 2 heterocycles. The standard InChI is InChI=1S/C19H27N3O2/c1-16-5-2-3-6-19(16)24-15-18(23)14-21-11-7-17(8-12-21)13-22-10-4-9-20-22/h2-6,9-10,17-18,23H,7-8,11-15H2,1H3/t18-/m1/s1. The molecule has 0 bridgehead atoms. The van der Waals surface area contributed by atoms with E-state index in [1.807, 2.05) is 54.3 Å². The van der Waals surface area contributed by atoms with Crippen LogP contribution in [-0.2, 0) is 6.54 Å². The number of piperidine rings is 1. The number of hydrogen-bond acceptors (Lipinski definition) is 4. The van der Waals surface area contributed by atoms with Crippen molar-refractivity contribution in [3.8, 4) is 5.75 Å². The maximum atomic E-state index is 10.2. The molecule has 1 aliphatic rings. The lowest BCUT2D eigenvalue weighted by atomic mass is 9.96. The van der Waals surface area contributed by atoms with Crippen LogP contribution in [0.2, 0.25) is 0 Å². The Balaban J connectivity index is 1.37. The molecule has 1 aliphatic heterocycles. The highest BCUT2D eigenvalue weighted by atomic mass is 16.5. The summed E-state index contributed by atoms with van der Waals surface area (Å²) in [6.07, 6.45) is 5.72. The van der Waals surface area contributed by atoms with Gasteiger partial charge in [0.05, 0.1) is 0 Å². The highest BCUT2D eigenvalue weighted by Gasteiger charge is 2.21. The van der Waals surface area contributed by atoms with Crippen LogP contribution in [0.15, 0.2) is 42.7 Å². The number of nitrogens with zero attached hydrogens (tertiary/aromatic N) is 3. The molecule has 5 nitrogen and oxygen atoms in total. The molecule has 0 radical (unpaired) electrons.